The first-order chi connectivity index (χ1) is 12.9. The van der Waals surface area contributed by atoms with Crippen LogP contribution in [0.5, 0.6) is 0 Å². The van der Waals surface area contributed by atoms with Crippen LogP contribution in [0, 0.1) is 0 Å². The van der Waals surface area contributed by atoms with Crippen molar-refractivity contribution in [3.8, 4) is 0 Å². The molecular weight excluding hydrogens is 368 g/mol. The van der Waals surface area contributed by atoms with Gasteiger partial charge in [0.15, 0.2) is 0 Å². The second-order valence-corrected chi connectivity index (χ2v) is 5.61. The van der Waals surface area contributed by atoms with Gasteiger partial charge in [-0.15, -0.1) is 0 Å². The molecular formula is C16H22O11. The quantitative estimate of drug-likeness (QED) is 0.415. The summed E-state index contributed by atoms with van der Waals surface area (Å²) in [5.41, 5.74) is -2.28. The normalized spacial score (nSPS) is 28.3. The maximum atomic E-state index is 11.8. The predicted molar refractivity (Wildman–Crippen MR) is 83.7 cm³/mol. The van der Waals surface area contributed by atoms with Gasteiger partial charge in [-0.25, -0.2) is 0 Å². The molecule has 0 radical (unpaired) electrons. The fourth-order valence-corrected chi connectivity index (χ4v) is 2.39. The van der Waals surface area contributed by atoms with Crippen molar-refractivity contribution in [2.45, 2.75) is 58.7 Å². The maximum absolute atomic E-state index is 11.8. The summed E-state index contributed by atoms with van der Waals surface area (Å²) < 4.78 is 38.7. The molecule has 0 aromatic rings. The molecule has 11 nitrogen and oxygen atoms in total. The third-order valence-electron chi connectivity index (χ3n) is 3.24. The third kappa shape index (κ3) is 6.20. The summed E-state index contributed by atoms with van der Waals surface area (Å²) in [7, 11) is 0. The molecule has 5 atom stereocenters. The van der Waals surface area contributed by atoms with Gasteiger partial charge < -0.3 is 28.4 Å². The Morgan fingerprint density at radius 3 is 1.85 bits per heavy atom. The smallest absolute Gasteiger partial charge is 0.305 e. The Balaban J connectivity index is 3.52. The van der Waals surface area contributed by atoms with Gasteiger partial charge >= 0.3 is 29.8 Å². The van der Waals surface area contributed by atoms with E-state index in [0.29, 0.717) is 0 Å². The minimum absolute atomic E-state index is 0.575. The van der Waals surface area contributed by atoms with Crippen LogP contribution >= 0.6 is 0 Å². The summed E-state index contributed by atoms with van der Waals surface area (Å²) in [4.78, 5) is 57.4. The number of carbonyl (C=O) groups excluding carboxylic acids is 5. The van der Waals surface area contributed by atoms with Crippen LogP contribution in [-0.2, 0) is 52.4 Å². The molecule has 1 fully saturated rings. The van der Waals surface area contributed by atoms with Gasteiger partial charge in [-0.05, 0) is 0 Å². The molecule has 1 saturated heterocycles. The van der Waals surface area contributed by atoms with E-state index in [-0.39, 0.29) is 0 Å². The highest BCUT2D eigenvalue weighted by Crippen LogP contribution is 2.38. The van der Waals surface area contributed by atoms with Crippen molar-refractivity contribution in [2.24, 2.45) is 0 Å². The largest absolute Gasteiger partial charge is 0.463 e. The fraction of sp³-hybridized carbons (Fsp3) is 0.688. The summed E-state index contributed by atoms with van der Waals surface area (Å²) in [6, 6.07) is 0. The van der Waals surface area contributed by atoms with Crippen LogP contribution in [0.1, 0.15) is 36.0 Å². The lowest BCUT2D eigenvalue weighted by Gasteiger charge is -2.35. The zero-order valence-electron chi connectivity index (χ0n) is 16.5. The Morgan fingerprint density at radius 1 is 0.852 bits per heavy atom. The van der Waals surface area contributed by atoms with Crippen molar-refractivity contribution in [1.82, 2.24) is 0 Å². The molecule has 1 rings (SSSR count). The van der Waals surface area contributed by atoms with Gasteiger partial charge in [0.05, 0.1) is 1.37 Å². The summed E-state index contributed by atoms with van der Waals surface area (Å²) in [5.74, 6) is -4.29. The monoisotopic (exact) mass is 391 g/mol. The zero-order chi connectivity index (χ0) is 21.6. The number of esters is 5. The van der Waals surface area contributed by atoms with Gasteiger partial charge in [0.25, 0.3) is 0 Å². The minimum atomic E-state index is -2.28. The lowest BCUT2D eigenvalue weighted by Crippen LogP contribution is -2.58. The first-order valence-electron chi connectivity index (χ1n) is 8.40. The molecule has 0 N–H and O–H groups in total. The Hall–Kier alpha value is -2.69. The van der Waals surface area contributed by atoms with E-state index in [0.717, 1.165) is 34.6 Å². The number of rotatable bonds is 7. The van der Waals surface area contributed by atoms with E-state index >= 15 is 0 Å². The molecule has 152 valence electrons. The first-order valence-corrected chi connectivity index (χ1v) is 7.82. The average molecular weight is 391 g/mol. The second-order valence-electron chi connectivity index (χ2n) is 5.61. The maximum Gasteiger partial charge on any atom is 0.305 e. The SMILES string of the molecule is [2H]C(OC(C)=O)[C@]1(OC(C)=O)[C@@H](COC(C)=O)OC(OC(C)=O)[C@@H]1OC(C)=O. The average Bonchev–Trinajstić information content (AvgIpc) is 2.77. The molecule has 0 spiro atoms. The van der Waals surface area contributed by atoms with Crippen molar-refractivity contribution in [1.29, 1.82) is 0 Å². The van der Waals surface area contributed by atoms with Gasteiger partial charge in [0.2, 0.25) is 18.0 Å². The number of ether oxygens (including phenoxy) is 6. The van der Waals surface area contributed by atoms with Crippen LogP contribution in [0.3, 0.4) is 0 Å². The Morgan fingerprint density at radius 2 is 1.41 bits per heavy atom. The Kier molecular flexibility index (Phi) is 7.11. The highest BCUT2D eigenvalue weighted by atomic mass is 16.8. The first kappa shape index (κ1) is 20.6. The fourth-order valence-electron chi connectivity index (χ4n) is 2.39. The van der Waals surface area contributed by atoms with Crippen LogP contribution in [0.15, 0.2) is 0 Å². The molecule has 2 unspecified atom stereocenters. The van der Waals surface area contributed by atoms with E-state index in [1.54, 1.807) is 0 Å². The van der Waals surface area contributed by atoms with E-state index in [9.17, 15) is 24.0 Å². The molecule has 27 heavy (non-hydrogen) atoms. The zero-order valence-corrected chi connectivity index (χ0v) is 15.5. The van der Waals surface area contributed by atoms with Crippen LogP contribution < -0.4 is 0 Å². The topological polar surface area (TPSA) is 141 Å². The molecule has 1 aliphatic heterocycles. The van der Waals surface area contributed by atoms with E-state index in [4.69, 9.17) is 29.8 Å². The lowest BCUT2D eigenvalue weighted by molar-refractivity contribution is -0.205. The van der Waals surface area contributed by atoms with Crippen molar-refractivity contribution in [3.63, 3.8) is 0 Å². The standard InChI is InChI=1S/C16H22O11/c1-8(17)22-6-13-16(27-12(5)21,7-23-9(2)18)14(24-10(3)19)15(26-13)25-11(4)20/h13-15H,6-7H2,1-5H3/t13-,14+,15?,16+/m1/s1/i7D/t7?,13-,14+,15?,16+. The van der Waals surface area contributed by atoms with E-state index in [1.807, 2.05) is 0 Å². The van der Waals surface area contributed by atoms with Crippen LogP contribution in [0.2, 0.25) is 0 Å². The van der Waals surface area contributed by atoms with Crippen molar-refractivity contribution < 1.29 is 53.8 Å². The van der Waals surface area contributed by atoms with Gasteiger partial charge in [-0.2, -0.15) is 0 Å². The van der Waals surface area contributed by atoms with Gasteiger partial charge in [-0.3, -0.25) is 24.0 Å². The van der Waals surface area contributed by atoms with Gasteiger partial charge in [-0.1, -0.05) is 0 Å². The summed E-state index contributed by atoms with van der Waals surface area (Å²) in [6.07, 6.45) is -4.76. The molecule has 1 heterocycles. The van der Waals surface area contributed by atoms with Crippen LogP contribution in [-0.4, -0.2) is 67.1 Å². The highest BCUT2D eigenvalue weighted by molar-refractivity contribution is 5.69. The minimum Gasteiger partial charge on any atom is -0.463 e. The van der Waals surface area contributed by atoms with Gasteiger partial charge in [0.1, 0.15) is 19.3 Å². The number of hydrogen-bond donors (Lipinski definition) is 0. The molecule has 0 amide bonds. The highest BCUT2D eigenvalue weighted by Gasteiger charge is 2.64. The predicted octanol–water partition coefficient (Wildman–Crippen LogP) is -0.366. The number of hydrogen-bond acceptors (Lipinski definition) is 11. The molecule has 1 aliphatic rings. The third-order valence-corrected chi connectivity index (χ3v) is 3.24. The van der Waals surface area contributed by atoms with E-state index in [1.165, 1.54) is 0 Å². The second kappa shape index (κ2) is 9.31. The molecule has 0 aromatic carbocycles. The lowest BCUT2D eigenvalue weighted by atomic mass is 9.92. The van der Waals surface area contributed by atoms with Crippen molar-refractivity contribution in [3.05, 3.63) is 0 Å². The summed E-state index contributed by atoms with van der Waals surface area (Å²) >= 11 is 0. The Bertz CT molecular complexity index is 649. The molecule has 0 bridgehead atoms. The molecule has 0 aromatic heterocycles. The Labute approximate surface area is 156 Å². The molecule has 11 heteroatoms. The summed E-state index contributed by atoms with van der Waals surface area (Å²) in [6.45, 7) is 2.62. The molecule has 0 aliphatic carbocycles. The van der Waals surface area contributed by atoms with Crippen LogP contribution in [0.25, 0.3) is 0 Å². The molecule has 0 saturated carbocycles. The van der Waals surface area contributed by atoms with Crippen molar-refractivity contribution >= 4 is 29.8 Å². The van der Waals surface area contributed by atoms with Crippen molar-refractivity contribution in [2.75, 3.05) is 13.2 Å². The summed E-state index contributed by atoms with van der Waals surface area (Å²) in [5, 5.41) is 0. The number of carbonyl (C=O) groups is 5. The van der Waals surface area contributed by atoms with E-state index in [2.05, 4.69) is 0 Å². The van der Waals surface area contributed by atoms with E-state index < -0.39 is 67.1 Å². The van der Waals surface area contributed by atoms with Gasteiger partial charge in [0, 0.05) is 34.6 Å². The van der Waals surface area contributed by atoms with Crippen LogP contribution in [0.4, 0.5) is 0 Å².